The smallest absolute Gasteiger partial charge is 0.255 e. The Morgan fingerprint density at radius 2 is 1.62 bits per heavy atom. The average molecular weight is 479 g/mol. The van der Waals surface area contributed by atoms with Gasteiger partial charge in [-0.05, 0) is 67.6 Å². The Balaban J connectivity index is 1.72. The maximum atomic E-state index is 12.9. The van der Waals surface area contributed by atoms with Crippen molar-refractivity contribution in [1.82, 2.24) is 0 Å². The van der Waals surface area contributed by atoms with Crippen molar-refractivity contribution in [1.29, 1.82) is 0 Å². The van der Waals surface area contributed by atoms with E-state index in [0.717, 1.165) is 12.0 Å². The average Bonchev–Trinajstić information content (AvgIpc) is 2.81. The van der Waals surface area contributed by atoms with Crippen molar-refractivity contribution in [3.63, 3.8) is 0 Å². The molecule has 1 unspecified atom stereocenters. The zero-order chi connectivity index (χ0) is 24.7. The minimum absolute atomic E-state index is 0.197. The number of carbonyl (C=O) groups is 2. The summed E-state index contributed by atoms with van der Waals surface area (Å²) in [5, 5.41) is 6.09. The Morgan fingerprint density at radius 1 is 0.912 bits per heavy atom. The van der Waals surface area contributed by atoms with Gasteiger partial charge < -0.3 is 15.4 Å². The zero-order valence-corrected chi connectivity index (χ0v) is 20.8. The molecule has 2 amide bonds. The summed E-state index contributed by atoms with van der Waals surface area (Å²) in [5.74, 6) is 0.269. The van der Waals surface area contributed by atoms with Crippen molar-refractivity contribution in [3.8, 4) is 5.75 Å². The zero-order valence-electron chi connectivity index (χ0n) is 20.0. The predicted molar refractivity (Wildman–Crippen MR) is 139 cm³/mol. The van der Waals surface area contributed by atoms with Crippen LogP contribution in [0.3, 0.4) is 0 Å². The van der Waals surface area contributed by atoms with Gasteiger partial charge in [0.1, 0.15) is 5.75 Å². The maximum Gasteiger partial charge on any atom is 0.255 e. The van der Waals surface area contributed by atoms with E-state index in [0.29, 0.717) is 40.2 Å². The van der Waals surface area contributed by atoms with Crippen LogP contribution in [0.4, 0.5) is 11.4 Å². The molecule has 0 heterocycles. The fourth-order valence-corrected chi connectivity index (χ4v) is 3.78. The third-order valence-electron chi connectivity index (χ3n) is 5.44. The lowest BCUT2D eigenvalue weighted by Crippen LogP contribution is -2.20. The van der Waals surface area contributed by atoms with Crippen LogP contribution >= 0.6 is 11.6 Å². The van der Waals surface area contributed by atoms with Gasteiger partial charge >= 0.3 is 0 Å². The first-order valence-corrected chi connectivity index (χ1v) is 11.9. The highest BCUT2D eigenvalue weighted by Gasteiger charge is 2.18. The lowest BCUT2D eigenvalue weighted by molar-refractivity contribution is -0.117. The Bertz CT molecular complexity index is 1140. The monoisotopic (exact) mass is 478 g/mol. The van der Waals surface area contributed by atoms with E-state index in [-0.39, 0.29) is 17.7 Å². The molecule has 34 heavy (non-hydrogen) atoms. The van der Waals surface area contributed by atoms with Gasteiger partial charge in [-0.3, -0.25) is 9.59 Å². The number of nitrogens with one attached hydrogen (secondary N) is 2. The third-order valence-corrected chi connectivity index (χ3v) is 5.77. The van der Waals surface area contributed by atoms with Crippen LogP contribution in [0.1, 0.15) is 55.1 Å². The first-order valence-electron chi connectivity index (χ1n) is 11.5. The summed E-state index contributed by atoms with van der Waals surface area (Å²) in [6, 6.07) is 20.1. The molecule has 5 nitrogen and oxygen atoms in total. The van der Waals surface area contributed by atoms with Crippen LogP contribution in [-0.2, 0) is 11.2 Å². The number of hydrogen-bond acceptors (Lipinski definition) is 3. The number of para-hydroxylation sites is 2. The Morgan fingerprint density at radius 3 is 2.29 bits per heavy atom. The van der Waals surface area contributed by atoms with E-state index >= 15 is 0 Å². The van der Waals surface area contributed by atoms with Crippen LogP contribution in [0, 0.1) is 5.92 Å². The van der Waals surface area contributed by atoms with Crippen LogP contribution in [0.15, 0.2) is 66.7 Å². The molecule has 0 bridgehead atoms. The molecule has 3 aromatic rings. The molecule has 0 aliphatic rings. The molecule has 0 spiro atoms. The first-order chi connectivity index (χ1) is 16.3. The molecule has 178 valence electrons. The largest absolute Gasteiger partial charge is 0.492 e. The Labute approximate surface area is 206 Å². The Kier molecular flexibility index (Phi) is 8.72. The number of hydrogen-bond donors (Lipinski definition) is 2. The fourth-order valence-electron chi connectivity index (χ4n) is 3.61. The summed E-state index contributed by atoms with van der Waals surface area (Å²) in [4.78, 5) is 25.8. The van der Waals surface area contributed by atoms with Gasteiger partial charge in [0.15, 0.2) is 0 Å². The summed E-state index contributed by atoms with van der Waals surface area (Å²) in [5.41, 5.74) is 3.50. The summed E-state index contributed by atoms with van der Waals surface area (Å²) >= 11 is 6.33. The van der Waals surface area contributed by atoms with E-state index in [4.69, 9.17) is 16.3 Å². The van der Waals surface area contributed by atoms with E-state index in [1.807, 2.05) is 38.1 Å². The number of amides is 2. The highest BCUT2D eigenvalue weighted by molar-refractivity contribution is 6.34. The van der Waals surface area contributed by atoms with E-state index in [1.54, 1.807) is 30.3 Å². The van der Waals surface area contributed by atoms with Crippen LogP contribution in [0.2, 0.25) is 5.02 Å². The van der Waals surface area contributed by atoms with Crippen LogP contribution < -0.4 is 15.4 Å². The maximum absolute atomic E-state index is 12.9. The second-order valence-corrected chi connectivity index (χ2v) is 9.04. The highest BCUT2D eigenvalue weighted by Crippen LogP contribution is 2.28. The van der Waals surface area contributed by atoms with Gasteiger partial charge in [0, 0.05) is 5.56 Å². The molecule has 0 radical (unpaired) electrons. The molecule has 3 rings (SSSR count). The van der Waals surface area contributed by atoms with Crippen LogP contribution in [0.5, 0.6) is 5.75 Å². The Hall–Kier alpha value is -3.31. The lowest BCUT2D eigenvalue weighted by atomic mass is 9.96. The molecule has 3 aromatic carbocycles. The van der Waals surface area contributed by atoms with Gasteiger partial charge in [0.05, 0.1) is 28.9 Å². The number of ether oxygens (including phenoxy) is 1. The van der Waals surface area contributed by atoms with Crippen LogP contribution in [-0.4, -0.2) is 18.4 Å². The SMILES string of the molecule is CCOc1ccccc1NC(=O)c1ccc(Cl)c(NC(=O)C(C)c2ccc(CC(C)C)cc2)c1. The van der Waals surface area contributed by atoms with E-state index in [1.165, 1.54) is 5.56 Å². The minimum atomic E-state index is -0.375. The van der Waals surface area contributed by atoms with Gasteiger partial charge in [-0.25, -0.2) is 0 Å². The predicted octanol–water partition coefficient (Wildman–Crippen LogP) is 6.93. The first kappa shape index (κ1) is 25.3. The molecular weight excluding hydrogens is 448 g/mol. The van der Waals surface area contributed by atoms with Gasteiger partial charge in [0.25, 0.3) is 5.91 Å². The summed E-state index contributed by atoms with van der Waals surface area (Å²) in [7, 11) is 0. The second-order valence-electron chi connectivity index (χ2n) is 8.63. The molecule has 0 saturated carbocycles. The third kappa shape index (κ3) is 6.61. The van der Waals surface area contributed by atoms with E-state index < -0.39 is 0 Å². The fraction of sp³-hybridized carbons (Fsp3) is 0.286. The molecule has 0 saturated heterocycles. The van der Waals surface area contributed by atoms with Gasteiger partial charge in [-0.15, -0.1) is 0 Å². The van der Waals surface area contributed by atoms with Crippen molar-refractivity contribution in [3.05, 3.63) is 88.4 Å². The van der Waals surface area contributed by atoms with E-state index in [9.17, 15) is 9.59 Å². The summed E-state index contributed by atoms with van der Waals surface area (Å²) in [6.45, 7) is 8.58. The number of anilines is 2. The van der Waals surface area contributed by atoms with Crippen molar-refractivity contribution in [2.75, 3.05) is 17.2 Å². The number of benzene rings is 3. The molecule has 0 fully saturated rings. The molecule has 0 aliphatic carbocycles. The number of carbonyl (C=O) groups excluding carboxylic acids is 2. The normalized spacial score (nSPS) is 11.7. The molecule has 0 aliphatic heterocycles. The standard InChI is InChI=1S/C28H31ClN2O3/c1-5-34-26-9-7-6-8-24(26)30-28(33)22-14-15-23(29)25(17-22)31-27(32)19(4)21-12-10-20(11-13-21)16-18(2)3/h6-15,17-19H,5,16H2,1-4H3,(H,30,33)(H,31,32). The van der Waals surface area contributed by atoms with Crippen molar-refractivity contribution < 1.29 is 14.3 Å². The second kappa shape index (κ2) is 11.7. The summed E-state index contributed by atoms with van der Waals surface area (Å²) < 4.78 is 5.57. The van der Waals surface area contributed by atoms with Crippen molar-refractivity contribution >= 4 is 34.8 Å². The number of rotatable bonds is 9. The van der Waals surface area contributed by atoms with Gasteiger partial charge in [-0.2, -0.15) is 0 Å². The van der Waals surface area contributed by atoms with Crippen LogP contribution in [0.25, 0.3) is 0 Å². The molecule has 2 N–H and O–H groups in total. The number of halogens is 1. The summed E-state index contributed by atoms with van der Waals surface area (Å²) in [6.07, 6.45) is 1.00. The molecular formula is C28H31ClN2O3. The lowest BCUT2D eigenvalue weighted by Gasteiger charge is -2.15. The molecule has 6 heteroatoms. The minimum Gasteiger partial charge on any atom is -0.492 e. The molecule has 0 aromatic heterocycles. The van der Waals surface area contributed by atoms with Crippen molar-refractivity contribution in [2.45, 2.75) is 40.0 Å². The quantitative estimate of drug-likeness (QED) is 0.350. The van der Waals surface area contributed by atoms with Gasteiger partial charge in [-0.1, -0.05) is 61.8 Å². The van der Waals surface area contributed by atoms with Gasteiger partial charge in [0.2, 0.25) is 5.91 Å². The molecule has 1 atom stereocenters. The topological polar surface area (TPSA) is 67.4 Å². The van der Waals surface area contributed by atoms with Crippen molar-refractivity contribution in [2.24, 2.45) is 5.92 Å². The van der Waals surface area contributed by atoms with E-state index in [2.05, 4.69) is 36.6 Å². The highest BCUT2D eigenvalue weighted by atomic mass is 35.5.